The number of rotatable bonds is 13. The van der Waals surface area contributed by atoms with Crippen molar-refractivity contribution in [2.75, 3.05) is 0 Å². The fourth-order valence-electron chi connectivity index (χ4n) is 2.64. The third-order valence-corrected chi connectivity index (χ3v) is 4.78. The minimum atomic E-state index is -0.260. The van der Waals surface area contributed by atoms with Gasteiger partial charge in [0.15, 0.2) is 0 Å². The monoisotopic (exact) mass is 359 g/mol. The average Bonchev–Trinajstić information content (AvgIpc) is 2.55. The van der Waals surface area contributed by atoms with E-state index in [0.29, 0.717) is 0 Å². The van der Waals surface area contributed by atoms with E-state index in [9.17, 15) is 4.79 Å². The van der Waals surface area contributed by atoms with E-state index in [2.05, 4.69) is 19.1 Å². The zero-order valence-electron chi connectivity index (χ0n) is 15.8. The molecule has 0 aromatic heterocycles. The molecule has 0 fully saturated rings. The molecule has 0 saturated heterocycles. The molecule has 1 rings (SSSR count). The van der Waals surface area contributed by atoms with Gasteiger partial charge in [-0.25, -0.2) is 0 Å². The average molecular weight is 360 g/mol. The molecule has 24 heavy (non-hydrogen) atoms. The van der Waals surface area contributed by atoms with Crippen LogP contribution in [-0.2, 0) is 15.4 Å². The van der Waals surface area contributed by atoms with Gasteiger partial charge in [0.25, 0.3) is 0 Å². The zero-order chi connectivity index (χ0) is 16.8. The summed E-state index contributed by atoms with van der Waals surface area (Å²) in [5.41, 5.74) is 1.37. The quantitative estimate of drug-likeness (QED) is 0.233. The van der Waals surface area contributed by atoms with Crippen molar-refractivity contribution in [1.82, 2.24) is 0 Å². The van der Waals surface area contributed by atoms with Gasteiger partial charge in [-0.15, -0.1) is 0 Å². The van der Waals surface area contributed by atoms with Crippen molar-refractivity contribution in [3.63, 3.8) is 0 Å². The third-order valence-electron chi connectivity index (χ3n) is 4.00. The minimum Gasteiger partial charge on any atom is -0.386 e. The van der Waals surface area contributed by atoms with E-state index in [1.807, 2.05) is 12.1 Å². The number of carbonyl (C=O) groups excluding carboxylic acids is 1. The van der Waals surface area contributed by atoms with Gasteiger partial charge in [-0.3, -0.25) is 4.79 Å². The predicted molar refractivity (Wildman–Crippen MR) is 105 cm³/mol. The van der Waals surface area contributed by atoms with Crippen LogP contribution in [0.1, 0.15) is 83.6 Å². The van der Waals surface area contributed by atoms with Gasteiger partial charge in [0.2, 0.25) is 0 Å². The SMILES string of the molecule is CCCCCCCCCCCCc1ccc(SOC(C)=O)cc1.[Na]. The molecule has 0 aliphatic carbocycles. The van der Waals surface area contributed by atoms with E-state index in [1.165, 1.54) is 76.7 Å². The molecule has 1 aromatic rings. The molecule has 131 valence electrons. The molecule has 0 aliphatic rings. The summed E-state index contributed by atoms with van der Waals surface area (Å²) in [4.78, 5) is 11.7. The Labute approximate surface area is 175 Å². The molecule has 1 radical (unpaired) electrons. The Morgan fingerprint density at radius 2 is 1.38 bits per heavy atom. The summed E-state index contributed by atoms with van der Waals surface area (Å²) in [6.45, 7) is 3.69. The van der Waals surface area contributed by atoms with Crippen LogP contribution in [-0.4, -0.2) is 35.5 Å². The first kappa shape index (κ1) is 24.0. The van der Waals surface area contributed by atoms with E-state index in [4.69, 9.17) is 4.18 Å². The second-order valence-electron chi connectivity index (χ2n) is 6.23. The van der Waals surface area contributed by atoms with Crippen LogP contribution in [0.4, 0.5) is 0 Å². The van der Waals surface area contributed by atoms with Gasteiger partial charge in [0, 0.05) is 41.4 Å². The molecule has 0 N–H and O–H groups in total. The third kappa shape index (κ3) is 13.3. The number of benzene rings is 1. The topological polar surface area (TPSA) is 26.3 Å². The summed E-state index contributed by atoms with van der Waals surface area (Å²) in [6, 6.07) is 8.33. The van der Waals surface area contributed by atoms with Gasteiger partial charge >= 0.3 is 5.97 Å². The largest absolute Gasteiger partial charge is 0.386 e. The summed E-state index contributed by atoms with van der Waals surface area (Å²) >= 11 is 1.13. The fourth-order valence-corrected chi connectivity index (χ4v) is 3.10. The second kappa shape index (κ2) is 16.5. The fraction of sp³-hybridized carbons (Fsp3) is 0.650. The Bertz CT molecular complexity index is 420. The number of hydrogen-bond acceptors (Lipinski definition) is 3. The zero-order valence-corrected chi connectivity index (χ0v) is 18.6. The minimum absolute atomic E-state index is 0. The molecule has 0 saturated carbocycles. The van der Waals surface area contributed by atoms with Crippen molar-refractivity contribution in [3.8, 4) is 0 Å². The van der Waals surface area contributed by atoms with Gasteiger partial charge in [0.05, 0.1) is 12.0 Å². The van der Waals surface area contributed by atoms with Gasteiger partial charge in [-0.1, -0.05) is 76.8 Å². The van der Waals surface area contributed by atoms with Crippen LogP contribution < -0.4 is 0 Å². The van der Waals surface area contributed by atoms with Crippen LogP contribution in [0, 0.1) is 0 Å². The predicted octanol–water partition coefficient (Wildman–Crippen LogP) is 6.34. The van der Waals surface area contributed by atoms with Gasteiger partial charge in [0.1, 0.15) is 0 Å². The molecular weight excluding hydrogens is 327 g/mol. The number of aryl methyl sites for hydroxylation is 1. The maximum Gasteiger partial charge on any atom is 0.315 e. The molecule has 0 amide bonds. The normalized spacial score (nSPS) is 10.2. The summed E-state index contributed by atoms with van der Waals surface area (Å²) in [6.07, 6.45) is 14.9. The Balaban J connectivity index is 0.00000529. The van der Waals surface area contributed by atoms with E-state index < -0.39 is 0 Å². The van der Waals surface area contributed by atoms with Crippen molar-refractivity contribution in [2.45, 2.75) is 89.4 Å². The molecule has 0 atom stereocenters. The standard InChI is InChI=1S/C20H32O2S.Na/c1-3-4-5-6-7-8-9-10-11-12-13-19-14-16-20(17-15-19)23-22-18(2)21;/h14-17H,3-13H2,1-2H3;. The van der Waals surface area contributed by atoms with Crippen molar-refractivity contribution >= 4 is 47.6 Å². The molecule has 2 nitrogen and oxygen atoms in total. The van der Waals surface area contributed by atoms with Crippen LogP contribution in [0.15, 0.2) is 29.2 Å². The number of carbonyl (C=O) groups is 1. The van der Waals surface area contributed by atoms with Crippen LogP contribution in [0.3, 0.4) is 0 Å². The van der Waals surface area contributed by atoms with Crippen LogP contribution in [0.25, 0.3) is 0 Å². The van der Waals surface area contributed by atoms with Gasteiger partial charge in [-0.2, -0.15) is 0 Å². The Kier molecular flexibility index (Phi) is 16.5. The maximum absolute atomic E-state index is 10.8. The Morgan fingerprint density at radius 1 is 0.875 bits per heavy atom. The van der Waals surface area contributed by atoms with Crippen LogP contribution in [0.5, 0.6) is 0 Å². The molecule has 4 heteroatoms. The van der Waals surface area contributed by atoms with E-state index in [0.717, 1.165) is 23.4 Å². The molecule has 0 spiro atoms. The molecule has 0 unspecified atom stereocenters. The van der Waals surface area contributed by atoms with Crippen molar-refractivity contribution in [2.24, 2.45) is 0 Å². The van der Waals surface area contributed by atoms with Crippen LogP contribution >= 0.6 is 12.0 Å². The van der Waals surface area contributed by atoms with E-state index >= 15 is 0 Å². The molecule has 0 aliphatic heterocycles. The summed E-state index contributed by atoms with van der Waals surface area (Å²) in [5.74, 6) is -0.260. The van der Waals surface area contributed by atoms with E-state index in [1.54, 1.807) is 0 Å². The molecule has 0 bridgehead atoms. The second-order valence-corrected chi connectivity index (χ2v) is 7.04. The summed E-state index contributed by atoms with van der Waals surface area (Å²) < 4.78 is 4.91. The first-order chi connectivity index (χ1) is 11.2. The number of hydrogen-bond donors (Lipinski definition) is 0. The number of unbranched alkanes of at least 4 members (excludes halogenated alkanes) is 9. The molecular formula is C20H32NaO2S. The van der Waals surface area contributed by atoms with Gasteiger partial charge < -0.3 is 4.18 Å². The summed E-state index contributed by atoms with van der Waals surface area (Å²) in [7, 11) is 0. The first-order valence-electron chi connectivity index (χ1n) is 9.16. The van der Waals surface area contributed by atoms with Crippen molar-refractivity contribution < 1.29 is 8.98 Å². The van der Waals surface area contributed by atoms with Crippen molar-refractivity contribution in [1.29, 1.82) is 0 Å². The van der Waals surface area contributed by atoms with Crippen LogP contribution in [0.2, 0.25) is 0 Å². The smallest absolute Gasteiger partial charge is 0.315 e. The molecule has 0 heterocycles. The first-order valence-corrected chi connectivity index (χ1v) is 9.90. The summed E-state index contributed by atoms with van der Waals surface area (Å²) in [5, 5.41) is 0. The molecule has 1 aromatic carbocycles. The van der Waals surface area contributed by atoms with E-state index in [-0.39, 0.29) is 35.5 Å². The van der Waals surface area contributed by atoms with Gasteiger partial charge in [-0.05, 0) is 30.5 Å². The Morgan fingerprint density at radius 3 is 1.88 bits per heavy atom. The Hall–Kier alpha value is 0.0400. The van der Waals surface area contributed by atoms with Crippen molar-refractivity contribution in [3.05, 3.63) is 29.8 Å². The maximum atomic E-state index is 10.8.